The van der Waals surface area contributed by atoms with E-state index in [9.17, 15) is 4.79 Å². The third-order valence-corrected chi connectivity index (χ3v) is 2.07. The van der Waals surface area contributed by atoms with Crippen molar-refractivity contribution in [3.63, 3.8) is 0 Å². The van der Waals surface area contributed by atoms with Crippen molar-refractivity contribution in [2.24, 2.45) is 5.92 Å². The number of rotatable bonds is 5. The Bertz CT molecular complexity index is 295. The van der Waals surface area contributed by atoms with E-state index in [1.165, 1.54) is 0 Å². The maximum atomic E-state index is 11.3. The SMILES string of the molecule is CC(CO)CC(=O)OCc1ccccc1. The predicted octanol–water partition coefficient (Wildman–Crippen LogP) is 1.75. The van der Waals surface area contributed by atoms with Gasteiger partial charge >= 0.3 is 5.97 Å². The minimum absolute atomic E-state index is 0.0143. The third-order valence-electron chi connectivity index (χ3n) is 2.07. The number of hydrogen-bond acceptors (Lipinski definition) is 3. The molecule has 3 nitrogen and oxygen atoms in total. The van der Waals surface area contributed by atoms with Gasteiger partial charge in [0.25, 0.3) is 0 Å². The molecule has 0 saturated heterocycles. The van der Waals surface area contributed by atoms with Gasteiger partial charge < -0.3 is 9.84 Å². The van der Waals surface area contributed by atoms with Crippen molar-refractivity contribution in [3.05, 3.63) is 35.9 Å². The number of carbonyl (C=O) groups excluding carboxylic acids is 1. The Labute approximate surface area is 89.7 Å². The fraction of sp³-hybridized carbons (Fsp3) is 0.417. The highest BCUT2D eigenvalue weighted by atomic mass is 16.5. The van der Waals surface area contributed by atoms with Crippen LogP contribution >= 0.6 is 0 Å². The average Bonchev–Trinajstić information content (AvgIpc) is 2.27. The number of aliphatic hydroxyl groups excluding tert-OH is 1. The molecule has 1 rings (SSSR count). The van der Waals surface area contributed by atoms with Gasteiger partial charge in [-0.15, -0.1) is 0 Å². The van der Waals surface area contributed by atoms with Crippen molar-refractivity contribution < 1.29 is 14.6 Å². The molecule has 0 fully saturated rings. The predicted molar refractivity (Wildman–Crippen MR) is 57.1 cm³/mol. The summed E-state index contributed by atoms with van der Waals surface area (Å²) in [7, 11) is 0. The molecule has 0 heterocycles. The Morgan fingerprint density at radius 1 is 1.40 bits per heavy atom. The van der Waals surface area contributed by atoms with E-state index in [1.807, 2.05) is 37.3 Å². The second kappa shape index (κ2) is 6.19. The third kappa shape index (κ3) is 4.61. The molecular formula is C12H16O3. The molecule has 1 aromatic carbocycles. The van der Waals surface area contributed by atoms with Crippen LogP contribution in [-0.4, -0.2) is 17.7 Å². The van der Waals surface area contributed by atoms with Crippen LogP contribution in [0.25, 0.3) is 0 Å². The maximum Gasteiger partial charge on any atom is 0.306 e. The Morgan fingerprint density at radius 3 is 2.67 bits per heavy atom. The van der Waals surface area contributed by atoms with Crippen molar-refractivity contribution in [2.75, 3.05) is 6.61 Å². The summed E-state index contributed by atoms with van der Waals surface area (Å²) in [6, 6.07) is 9.53. The largest absolute Gasteiger partial charge is 0.461 e. The minimum Gasteiger partial charge on any atom is -0.461 e. The van der Waals surface area contributed by atoms with Crippen LogP contribution in [0.15, 0.2) is 30.3 Å². The highest BCUT2D eigenvalue weighted by Gasteiger charge is 2.08. The molecule has 15 heavy (non-hydrogen) atoms. The van der Waals surface area contributed by atoms with Crippen molar-refractivity contribution in [1.29, 1.82) is 0 Å². The van der Waals surface area contributed by atoms with Crippen molar-refractivity contribution >= 4 is 5.97 Å². The average molecular weight is 208 g/mol. The van der Waals surface area contributed by atoms with E-state index in [2.05, 4.69) is 0 Å². The molecular weight excluding hydrogens is 192 g/mol. The van der Waals surface area contributed by atoms with Gasteiger partial charge in [0.2, 0.25) is 0 Å². The first-order valence-electron chi connectivity index (χ1n) is 5.02. The van der Waals surface area contributed by atoms with E-state index in [4.69, 9.17) is 9.84 Å². The van der Waals surface area contributed by atoms with Gasteiger partial charge in [0, 0.05) is 6.61 Å². The zero-order chi connectivity index (χ0) is 11.1. The van der Waals surface area contributed by atoms with Crippen molar-refractivity contribution in [3.8, 4) is 0 Å². The lowest BCUT2D eigenvalue weighted by atomic mass is 10.1. The van der Waals surface area contributed by atoms with Crippen LogP contribution in [0.5, 0.6) is 0 Å². The summed E-state index contributed by atoms with van der Waals surface area (Å²) in [5.41, 5.74) is 0.975. The maximum absolute atomic E-state index is 11.3. The van der Waals surface area contributed by atoms with E-state index in [0.29, 0.717) is 6.61 Å². The summed E-state index contributed by atoms with van der Waals surface area (Å²) in [6.45, 7) is 2.13. The molecule has 0 saturated carbocycles. The van der Waals surface area contributed by atoms with Crippen LogP contribution in [0, 0.1) is 5.92 Å². The zero-order valence-electron chi connectivity index (χ0n) is 8.85. The number of benzene rings is 1. The van der Waals surface area contributed by atoms with E-state index < -0.39 is 0 Å². The zero-order valence-corrected chi connectivity index (χ0v) is 8.85. The van der Waals surface area contributed by atoms with Gasteiger partial charge in [0.1, 0.15) is 6.61 Å². The smallest absolute Gasteiger partial charge is 0.306 e. The van der Waals surface area contributed by atoms with Crippen molar-refractivity contribution in [1.82, 2.24) is 0 Å². The lowest BCUT2D eigenvalue weighted by molar-refractivity contribution is -0.146. The Kier molecular flexibility index (Phi) is 4.84. The molecule has 0 spiro atoms. The second-order valence-corrected chi connectivity index (χ2v) is 3.64. The van der Waals surface area contributed by atoms with Gasteiger partial charge in [0.15, 0.2) is 0 Å². The summed E-state index contributed by atoms with van der Waals surface area (Å²) in [6.07, 6.45) is 0.267. The van der Waals surface area contributed by atoms with Gasteiger partial charge in [0.05, 0.1) is 6.42 Å². The first kappa shape index (κ1) is 11.7. The lowest BCUT2D eigenvalue weighted by Gasteiger charge is -2.08. The minimum atomic E-state index is -0.264. The highest BCUT2D eigenvalue weighted by Crippen LogP contribution is 2.05. The van der Waals surface area contributed by atoms with E-state index in [1.54, 1.807) is 0 Å². The fourth-order valence-corrected chi connectivity index (χ4v) is 1.15. The first-order chi connectivity index (χ1) is 7.22. The molecule has 0 amide bonds. The summed E-state index contributed by atoms with van der Waals surface area (Å²) in [5.74, 6) is -0.298. The van der Waals surface area contributed by atoms with Crippen LogP contribution < -0.4 is 0 Å². The molecule has 3 heteroatoms. The molecule has 0 radical (unpaired) electrons. The van der Waals surface area contributed by atoms with Crippen LogP contribution in [-0.2, 0) is 16.1 Å². The van der Waals surface area contributed by atoms with Crippen LogP contribution in [0.4, 0.5) is 0 Å². The number of carbonyl (C=O) groups is 1. The molecule has 0 aliphatic heterocycles. The monoisotopic (exact) mass is 208 g/mol. The molecule has 0 aliphatic carbocycles. The molecule has 1 N–H and O–H groups in total. The Morgan fingerprint density at radius 2 is 2.07 bits per heavy atom. The number of hydrogen-bond donors (Lipinski definition) is 1. The van der Waals surface area contributed by atoms with Gasteiger partial charge in [-0.25, -0.2) is 0 Å². The van der Waals surface area contributed by atoms with E-state index >= 15 is 0 Å². The van der Waals surface area contributed by atoms with Gasteiger partial charge in [-0.3, -0.25) is 4.79 Å². The molecule has 1 aromatic rings. The van der Waals surface area contributed by atoms with E-state index in [0.717, 1.165) is 5.56 Å². The number of ether oxygens (including phenoxy) is 1. The number of esters is 1. The molecule has 82 valence electrons. The second-order valence-electron chi connectivity index (χ2n) is 3.64. The van der Waals surface area contributed by atoms with Crippen molar-refractivity contribution in [2.45, 2.75) is 20.0 Å². The Balaban J connectivity index is 2.29. The van der Waals surface area contributed by atoms with Gasteiger partial charge in [-0.2, -0.15) is 0 Å². The first-order valence-corrected chi connectivity index (χ1v) is 5.02. The van der Waals surface area contributed by atoms with E-state index in [-0.39, 0.29) is 24.9 Å². The van der Waals surface area contributed by atoms with Gasteiger partial charge in [-0.1, -0.05) is 37.3 Å². The standard InChI is InChI=1S/C12H16O3/c1-10(8-13)7-12(14)15-9-11-5-3-2-4-6-11/h2-6,10,13H,7-9H2,1H3. The van der Waals surface area contributed by atoms with Gasteiger partial charge in [-0.05, 0) is 11.5 Å². The molecule has 1 unspecified atom stereocenters. The quantitative estimate of drug-likeness (QED) is 0.750. The summed E-state index contributed by atoms with van der Waals surface area (Å²) in [5, 5.41) is 8.76. The van der Waals surface area contributed by atoms with Crippen LogP contribution in [0.2, 0.25) is 0 Å². The lowest BCUT2D eigenvalue weighted by Crippen LogP contribution is -2.11. The molecule has 0 aliphatic rings. The summed E-state index contributed by atoms with van der Waals surface area (Å²) >= 11 is 0. The Hall–Kier alpha value is -1.35. The molecule has 1 atom stereocenters. The summed E-state index contributed by atoms with van der Waals surface area (Å²) in [4.78, 5) is 11.3. The van der Waals surface area contributed by atoms with Crippen LogP contribution in [0.1, 0.15) is 18.9 Å². The normalized spacial score (nSPS) is 12.1. The molecule has 0 bridgehead atoms. The fourth-order valence-electron chi connectivity index (χ4n) is 1.15. The summed E-state index contributed by atoms with van der Waals surface area (Å²) < 4.78 is 5.05. The van der Waals surface area contributed by atoms with Crippen LogP contribution in [0.3, 0.4) is 0 Å². The molecule has 0 aromatic heterocycles. The topological polar surface area (TPSA) is 46.5 Å². The highest BCUT2D eigenvalue weighted by molar-refractivity contribution is 5.69. The number of aliphatic hydroxyl groups is 1.